The minimum atomic E-state index is -0.720. The van der Waals surface area contributed by atoms with E-state index in [1.54, 1.807) is 24.1 Å². The summed E-state index contributed by atoms with van der Waals surface area (Å²) in [5, 5.41) is 5.38. The first-order chi connectivity index (χ1) is 17.7. The van der Waals surface area contributed by atoms with Crippen molar-refractivity contribution in [3.8, 4) is 5.82 Å². The highest BCUT2D eigenvalue weighted by molar-refractivity contribution is 5.93. The van der Waals surface area contributed by atoms with Crippen molar-refractivity contribution in [1.82, 2.24) is 24.4 Å². The Labute approximate surface area is 209 Å². The number of aromatic nitrogens is 3. The molecule has 4 heterocycles. The zero-order valence-corrected chi connectivity index (χ0v) is 19.8. The summed E-state index contributed by atoms with van der Waals surface area (Å²) in [5.41, 5.74) is 6.46. The number of carbonyl (C=O) groups excluding carboxylic acids is 2. The molecule has 1 aromatic carbocycles. The van der Waals surface area contributed by atoms with Gasteiger partial charge in [0.05, 0.1) is 17.8 Å². The fourth-order valence-electron chi connectivity index (χ4n) is 4.49. The maximum absolute atomic E-state index is 14.6. The number of halogens is 3. The molecule has 13 heteroatoms. The largest absolute Gasteiger partial charge is 0.366 e. The number of rotatable bonds is 4. The van der Waals surface area contributed by atoms with E-state index in [0.717, 1.165) is 12.3 Å². The molecule has 0 aliphatic carbocycles. The molecule has 0 bridgehead atoms. The lowest BCUT2D eigenvalue weighted by atomic mass is 10.0. The Morgan fingerprint density at radius 1 is 1.03 bits per heavy atom. The zero-order chi connectivity index (χ0) is 26.3. The third kappa shape index (κ3) is 4.71. The molecule has 0 spiro atoms. The van der Waals surface area contributed by atoms with Gasteiger partial charge >= 0.3 is 6.03 Å². The van der Waals surface area contributed by atoms with Gasteiger partial charge in [-0.1, -0.05) is 0 Å². The Hall–Kier alpha value is -4.42. The molecule has 3 aromatic rings. The van der Waals surface area contributed by atoms with Gasteiger partial charge < -0.3 is 20.1 Å². The number of hydrogen-bond donors (Lipinski definition) is 1. The van der Waals surface area contributed by atoms with E-state index in [0.29, 0.717) is 43.9 Å². The number of hydrogen-bond acceptors (Lipinski definition) is 6. The number of amides is 3. The quantitative estimate of drug-likeness (QED) is 0.578. The number of benzene rings is 1. The molecule has 0 saturated carbocycles. The molecule has 3 amide bonds. The van der Waals surface area contributed by atoms with E-state index in [-0.39, 0.29) is 23.4 Å². The van der Waals surface area contributed by atoms with Crippen LogP contribution in [-0.2, 0) is 0 Å². The zero-order valence-electron chi connectivity index (χ0n) is 19.8. The van der Waals surface area contributed by atoms with Crippen molar-refractivity contribution in [3.63, 3.8) is 0 Å². The van der Waals surface area contributed by atoms with Crippen LogP contribution in [0.4, 0.5) is 23.9 Å². The van der Waals surface area contributed by atoms with Crippen molar-refractivity contribution in [3.05, 3.63) is 70.9 Å². The molecule has 0 radical (unpaired) electrons. The van der Waals surface area contributed by atoms with Gasteiger partial charge in [0.15, 0.2) is 11.6 Å². The third-order valence-corrected chi connectivity index (χ3v) is 6.37. The standard InChI is InChI=1S/C24H23F3N8O2/c1-14-8-16(21(28)36)13-34(14)22-19(27)12-29-23(31-22)32-4-6-33(7-5-32)24(37)35-20(2-3-30-35)15-9-17(25)11-18(26)10-15/h3,8-13,20H,2,4-7H2,1H3,(H2,28,36). The molecular weight excluding hydrogens is 489 g/mol. The molecule has 192 valence electrons. The van der Waals surface area contributed by atoms with Crippen LogP contribution in [0.15, 0.2) is 41.8 Å². The Kier molecular flexibility index (Phi) is 6.27. The predicted molar refractivity (Wildman–Crippen MR) is 128 cm³/mol. The van der Waals surface area contributed by atoms with Gasteiger partial charge in [0, 0.05) is 56.8 Å². The Morgan fingerprint density at radius 2 is 1.73 bits per heavy atom. The highest BCUT2D eigenvalue weighted by Gasteiger charge is 2.34. The highest BCUT2D eigenvalue weighted by Crippen LogP contribution is 2.30. The summed E-state index contributed by atoms with van der Waals surface area (Å²) in [7, 11) is 0. The van der Waals surface area contributed by atoms with Gasteiger partial charge in [-0.15, -0.1) is 0 Å². The average molecular weight is 512 g/mol. The van der Waals surface area contributed by atoms with Crippen LogP contribution in [0.3, 0.4) is 0 Å². The maximum Gasteiger partial charge on any atom is 0.341 e. The predicted octanol–water partition coefficient (Wildman–Crippen LogP) is 2.77. The monoisotopic (exact) mass is 512 g/mol. The number of nitrogens with zero attached hydrogens (tertiary/aromatic N) is 7. The summed E-state index contributed by atoms with van der Waals surface area (Å²) < 4.78 is 43.5. The smallest absolute Gasteiger partial charge is 0.341 e. The third-order valence-electron chi connectivity index (χ3n) is 6.37. The van der Waals surface area contributed by atoms with E-state index >= 15 is 0 Å². The highest BCUT2D eigenvalue weighted by atomic mass is 19.1. The van der Waals surface area contributed by atoms with E-state index < -0.39 is 29.4 Å². The molecule has 2 N–H and O–H groups in total. The summed E-state index contributed by atoms with van der Waals surface area (Å²) in [6.45, 7) is 3.04. The molecule has 2 aliphatic rings. The topological polar surface area (TPSA) is 113 Å². The van der Waals surface area contributed by atoms with Crippen LogP contribution in [0.1, 0.15) is 34.1 Å². The molecule has 1 atom stereocenters. The van der Waals surface area contributed by atoms with E-state index in [1.807, 2.05) is 4.90 Å². The van der Waals surface area contributed by atoms with Crippen LogP contribution in [0.5, 0.6) is 0 Å². The average Bonchev–Trinajstić information content (AvgIpc) is 3.51. The van der Waals surface area contributed by atoms with E-state index in [1.165, 1.54) is 27.9 Å². The van der Waals surface area contributed by atoms with E-state index in [2.05, 4.69) is 15.1 Å². The fraction of sp³-hybridized carbons (Fsp3) is 0.292. The van der Waals surface area contributed by atoms with Crippen LogP contribution in [-0.4, -0.2) is 68.8 Å². The second-order valence-electron chi connectivity index (χ2n) is 8.80. The number of primary amides is 1. The molecule has 1 unspecified atom stereocenters. The first kappa shape index (κ1) is 24.3. The van der Waals surface area contributed by atoms with Gasteiger partial charge in [0.2, 0.25) is 11.9 Å². The lowest BCUT2D eigenvalue weighted by molar-refractivity contribution is 0.1000. The molecular formula is C24H23F3N8O2. The molecule has 5 rings (SSSR count). The fourth-order valence-corrected chi connectivity index (χ4v) is 4.49. The number of anilines is 1. The van der Waals surface area contributed by atoms with Gasteiger partial charge in [-0.25, -0.2) is 28.0 Å². The normalized spacial score (nSPS) is 17.5. The van der Waals surface area contributed by atoms with Crippen molar-refractivity contribution in [2.75, 3.05) is 31.1 Å². The van der Waals surface area contributed by atoms with Crippen LogP contribution < -0.4 is 10.6 Å². The minimum absolute atomic E-state index is 0.0231. The molecule has 2 aromatic heterocycles. The van der Waals surface area contributed by atoms with Crippen LogP contribution in [0.25, 0.3) is 5.82 Å². The van der Waals surface area contributed by atoms with Crippen LogP contribution in [0, 0.1) is 24.4 Å². The molecule has 2 aliphatic heterocycles. The SMILES string of the molecule is Cc1cc(C(N)=O)cn1-c1nc(N2CCN(C(=O)N3N=CCC3c3cc(F)cc(F)c3)CC2)ncc1F. The summed E-state index contributed by atoms with van der Waals surface area (Å²) in [5.74, 6) is -2.50. The van der Waals surface area contributed by atoms with Crippen molar-refractivity contribution in [2.24, 2.45) is 10.8 Å². The summed E-state index contributed by atoms with van der Waals surface area (Å²) in [6, 6.07) is 3.73. The Morgan fingerprint density at radius 3 is 2.38 bits per heavy atom. The number of piperazine rings is 1. The lowest BCUT2D eigenvalue weighted by Gasteiger charge is -2.37. The van der Waals surface area contributed by atoms with Crippen LogP contribution >= 0.6 is 0 Å². The number of hydrazone groups is 1. The van der Waals surface area contributed by atoms with Crippen LogP contribution in [0.2, 0.25) is 0 Å². The Balaban J connectivity index is 1.29. The number of nitrogens with two attached hydrogens (primary N) is 1. The molecule has 1 saturated heterocycles. The Bertz CT molecular complexity index is 1380. The summed E-state index contributed by atoms with van der Waals surface area (Å²) in [6.07, 6.45) is 4.36. The maximum atomic E-state index is 14.6. The van der Waals surface area contributed by atoms with Gasteiger partial charge in [-0.05, 0) is 30.7 Å². The number of urea groups is 1. The summed E-state index contributed by atoms with van der Waals surface area (Å²) >= 11 is 0. The van der Waals surface area contributed by atoms with Crippen molar-refractivity contribution < 1.29 is 22.8 Å². The van der Waals surface area contributed by atoms with Gasteiger partial charge in [-0.3, -0.25) is 4.79 Å². The molecule has 10 nitrogen and oxygen atoms in total. The number of aryl methyl sites for hydroxylation is 1. The van der Waals surface area contributed by atoms with Crippen molar-refractivity contribution in [1.29, 1.82) is 0 Å². The lowest BCUT2D eigenvalue weighted by Crippen LogP contribution is -2.52. The molecule has 37 heavy (non-hydrogen) atoms. The summed E-state index contributed by atoms with van der Waals surface area (Å²) in [4.78, 5) is 36.5. The van der Waals surface area contributed by atoms with E-state index in [9.17, 15) is 22.8 Å². The van der Waals surface area contributed by atoms with Gasteiger partial charge in [0.25, 0.3) is 0 Å². The number of carbonyl (C=O) groups is 2. The van der Waals surface area contributed by atoms with Gasteiger partial charge in [-0.2, -0.15) is 10.1 Å². The second kappa shape index (κ2) is 9.56. The van der Waals surface area contributed by atoms with Gasteiger partial charge in [0.1, 0.15) is 11.6 Å². The van der Waals surface area contributed by atoms with E-state index in [4.69, 9.17) is 5.73 Å². The minimum Gasteiger partial charge on any atom is -0.366 e. The molecule has 1 fully saturated rings. The first-order valence-corrected chi connectivity index (χ1v) is 11.5. The van der Waals surface area contributed by atoms with Crippen molar-refractivity contribution in [2.45, 2.75) is 19.4 Å². The second-order valence-corrected chi connectivity index (χ2v) is 8.80. The first-order valence-electron chi connectivity index (χ1n) is 11.5. The van der Waals surface area contributed by atoms with Crippen molar-refractivity contribution >= 4 is 24.1 Å².